The summed E-state index contributed by atoms with van der Waals surface area (Å²) < 4.78 is 30.2. The van der Waals surface area contributed by atoms with E-state index in [4.69, 9.17) is 4.74 Å². The van der Waals surface area contributed by atoms with Crippen LogP contribution in [0.3, 0.4) is 0 Å². The van der Waals surface area contributed by atoms with Crippen molar-refractivity contribution in [2.45, 2.75) is 20.0 Å². The molecule has 156 valence electrons. The molecule has 3 rings (SSSR count). The molecule has 0 spiro atoms. The Kier molecular flexibility index (Phi) is 6.33. The molecule has 0 saturated carbocycles. The maximum absolute atomic E-state index is 12.6. The first-order chi connectivity index (χ1) is 14.1. The monoisotopic (exact) mass is 444 g/mol. The Morgan fingerprint density at radius 3 is 2.30 bits per heavy atom. The van der Waals surface area contributed by atoms with Crippen LogP contribution in [0.25, 0.3) is 10.6 Å². The number of esters is 1. The van der Waals surface area contributed by atoms with Crippen molar-refractivity contribution >= 4 is 38.8 Å². The largest absolute Gasteiger partial charge is 0.450 e. The van der Waals surface area contributed by atoms with Crippen LogP contribution in [0.1, 0.15) is 32.6 Å². The highest BCUT2D eigenvalue weighted by Crippen LogP contribution is 2.28. The lowest BCUT2D eigenvalue weighted by Gasteiger charge is -2.12. The number of aryl methyl sites for hydroxylation is 1. The number of nitrogens with one attached hydrogen (secondary N) is 1. The number of ketones is 1. The fourth-order valence-electron chi connectivity index (χ4n) is 2.71. The van der Waals surface area contributed by atoms with Gasteiger partial charge in [-0.3, -0.25) is 9.52 Å². The molecule has 1 heterocycles. The molecule has 0 aliphatic heterocycles. The summed E-state index contributed by atoms with van der Waals surface area (Å²) in [7, 11) is -3.40. The van der Waals surface area contributed by atoms with Crippen LogP contribution in [-0.2, 0) is 14.8 Å². The van der Waals surface area contributed by atoms with Gasteiger partial charge in [0.25, 0.3) is 0 Å². The highest BCUT2D eigenvalue weighted by molar-refractivity contribution is 7.92. The molecule has 0 fully saturated rings. The molecule has 0 radical (unpaired) electrons. The first-order valence-corrected chi connectivity index (χ1v) is 11.7. The quantitative estimate of drug-likeness (QED) is 0.438. The highest BCUT2D eigenvalue weighted by atomic mass is 32.2. The number of carbonyl (C=O) groups is 2. The number of aromatic nitrogens is 1. The maximum Gasteiger partial charge on any atom is 0.350 e. The molecule has 30 heavy (non-hydrogen) atoms. The normalized spacial score (nSPS) is 12.2. The highest BCUT2D eigenvalue weighted by Gasteiger charge is 2.24. The average Bonchev–Trinajstić information content (AvgIpc) is 3.09. The summed E-state index contributed by atoms with van der Waals surface area (Å²) in [6, 6.07) is 15.4. The second-order valence-electron chi connectivity index (χ2n) is 6.66. The number of nitrogens with zero attached hydrogens (tertiary/aromatic N) is 1. The van der Waals surface area contributed by atoms with Gasteiger partial charge in [-0.25, -0.2) is 18.2 Å². The van der Waals surface area contributed by atoms with Gasteiger partial charge in [-0.2, -0.15) is 0 Å². The van der Waals surface area contributed by atoms with Crippen molar-refractivity contribution < 1.29 is 22.7 Å². The Labute approximate surface area is 178 Å². The number of benzene rings is 2. The lowest BCUT2D eigenvalue weighted by molar-refractivity contribution is 0.0322. The van der Waals surface area contributed by atoms with Crippen molar-refractivity contribution in [2.75, 3.05) is 11.0 Å². The van der Waals surface area contributed by atoms with Crippen LogP contribution in [0, 0.1) is 6.92 Å². The van der Waals surface area contributed by atoms with Gasteiger partial charge in [-0.05, 0) is 38.1 Å². The van der Waals surface area contributed by atoms with Gasteiger partial charge in [0.1, 0.15) is 9.88 Å². The number of hydrogen-bond donors (Lipinski definition) is 1. The summed E-state index contributed by atoms with van der Waals surface area (Å²) in [5, 5.41) is 0.702. The first kappa shape index (κ1) is 21.7. The summed E-state index contributed by atoms with van der Waals surface area (Å²) in [6.45, 7) is 3.22. The van der Waals surface area contributed by atoms with E-state index in [2.05, 4.69) is 9.71 Å². The minimum Gasteiger partial charge on any atom is -0.450 e. The topological polar surface area (TPSA) is 102 Å². The van der Waals surface area contributed by atoms with Gasteiger partial charge < -0.3 is 4.74 Å². The average molecular weight is 445 g/mol. The standard InChI is InChI=1S/C21H20N2O5S2/c1-13-19(29-20(22-13)16-7-5-4-6-8-16)21(25)28-14(2)18(24)15-9-11-17(12-10-15)23-30(3,26)27/h4-12,14,23H,1-3H3. The molecular weight excluding hydrogens is 424 g/mol. The van der Waals surface area contributed by atoms with Crippen LogP contribution in [0.5, 0.6) is 0 Å². The van der Waals surface area contributed by atoms with Crippen LogP contribution < -0.4 is 4.72 Å². The third kappa shape index (κ3) is 5.31. The van der Waals surface area contributed by atoms with Crippen molar-refractivity contribution in [1.82, 2.24) is 4.98 Å². The third-order valence-electron chi connectivity index (χ3n) is 4.13. The zero-order valence-electron chi connectivity index (χ0n) is 16.6. The Bertz CT molecular complexity index is 1170. The Morgan fingerprint density at radius 2 is 1.70 bits per heavy atom. The molecule has 0 amide bonds. The van der Waals surface area contributed by atoms with E-state index in [0.29, 0.717) is 26.8 Å². The number of ether oxygens (including phenoxy) is 1. The van der Waals surface area contributed by atoms with Gasteiger partial charge in [0.2, 0.25) is 15.8 Å². The first-order valence-electron chi connectivity index (χ1n) is 9.00. The molecule has 0 aliphatic rings. The van der Waals surface area contributed by atoms with Gasteiger partial charge in [0.15, 0.2) is 6.10 Å². The summed E-state index contributed by atoms with van der Waals surface area (Å²) in [4.78, 5) is 30.0. The molecule has 9 heteroatoms. The van der Waals surface area contributed by atoms with Gasteiger partial charge >= 0.3 is 5.97 Å². The lowest BCUT2D eigenvalue weighted by Crippen LogP contribution is -2.24. The molecule has 3 aromatic rings. The molecule has 1 unspecified atom stereocenters. The van der Waals surface area contributed by atoms with E-state index in [1.807, 2.05) is 30.3 Å². The number of anilines is 1. The van der Waals surface area contributed by atoms with Crippen LogP contribution in [0.4, 0.5) is 5.69 Å². The molecule has 1 atom stereocenters. The zero-order valence-corrected chi connectivity index (χ0v) is 18.2. The van der Waals surface area contributed by atoms with E-state index in [-0.39, 0.29) is 5.78 Å². The predicted molar refractivity (Wildman–Crippen MR) is 116 cm³/mol. The Balaban J connectivity index is 1.70. The number of Topliss-reactive ketones (excluding diaryl/α,β-unsaturated/α-hetero) is 1. The number of thiazole rings is 1. The minimum absolute atomic E-state index is 0.306. The van der Waals surface area contributed by atoms with Gasteiger partial charge in [0, 0.05) is 16.8 Å². The maximum atomic E-state index is 12.6. The predicted octanol–water partition coefficient (Wildman–Crippen LogP) is 3.92. The van der Waals surface area contributed by atoms with Crippen molar-refractivity contribution in [3.05, 3.63) is 70.7 Å². The smallest absolute Gasteiger partial charge is 0.350 e. The van der Waals surface area contributed by atoms with E-state index < -0.39 is 22.1 Å². The summed E-state index contributed by atoms with van der Waals surface area (Å²) in [6.07, 6.45) is 0.0333. The van der Waals surface area contributed by atoms with Crippen molar-refractivity contribution in [3.8, 4) is 10.6 Å². The number of sulfonamides is 1. The van der Waals surface area contributed by atoms with Crippen molar-refractivity contribution in [3.63, 3.8) is 0 Å². The summed E-state index contributed by atoms with van der Waals surface area (Å²) in [5.74, 6) is -0.997. The van der Waals surface area contributed by atoms with E-state index in [1.54, 1.807) is 6.92 Å². The fourth-order valence-corrected chi connectivity index (χ4v) is 4.23. The van der Waals surface area contributed by atoms with Gasteiger partial charge in [-0.15, -0.1) is 11.3 Å². The van der Waals surface area contributed by atoms with Gasteiger partial charge in [-0.1, -0.05) is 30.3 Å². The second kappa shape index (κ2) is 8.76. The van der Waals surface area contributed by atoms with Gasteiger partial charge in [0.05, 0.1) is 11.9 Å². The number of hydrogen-bond acceptors (Lipinski definition) is 7. The van der Waals surface area contributed by atoms with Crippen LogP contribution in [0.15, 0.2) is 54.6 Å². The molecule has 0 bridgehead atoms. The zero-order chi connectivity index (χ0) is 21.9. The van der Waals surface area contributed by atoms with E-state index in [0.717, 1.165) is 11.8 Å². The Hall–Kier alpha value is -3.04. The number of carbonyl (C=O) groups excluding carboxylic acids is 2. The third-order valence-corrected chi connectivity index (χ3v) is 5.92. The van der Waals surface area contributed by atoms with Crippen molar-refractivity contribution in [2.24, 2.45) is 0 Å². The number of rotatable bonds is 7. The Morgan fingerprint density at radius 1 is 1.07 bits per heavy atom. The fraction of sp³-hybridized carbons (Fsp3) is 0.190. The SMILES string of the molecule is Cc1nc(-c2ccccc2)sc1C(=O)OC(C)C(=O)c1ccc(NS(C)(=O)=O)cc1. The lowest BCUT2D eigenvalue weighted by atomic mass is 10.1. The van der Waals surface area contributed by atoms with E-state index in [9.17, 15) is 18.0 Å². The molecule has 7 nitrogen and oxygen atoms in total. The van der Waals surface area contributed by atoms with Crippen molar-refractivity contribution in [1.29, 1.82) is 0 Å². The molecule has 1 aromatic heterocycles. The van der Waals surface area contributed by atoms with E-state index >= 15 is 0 Å². The van der Waals surface area contributed by atoms with E-state index in [1.165, 1.54) is 42.5 Å². The van der Waals surface area contributed by atoms with Crippen LogP contribution >= 0.6 is 11.3 Å². The van der Waals surface area contributed by atoms with Crippen LogP contribution in [0.2, 0.25) is 0 Å². The summed E-state index contributed by atoms with van der Waals surface area (Å²) in [5.41, 5.74) is 2.09. The molecule has 0 aliphatic carbocycles. The second-order valence-corrected chi connectivity index (χ2v) is 9.41. The molecule has 1 N–H and O–H groups in total. The molecule has 0 saturated heterocycles. The molecule has 2 aromatic carbocycles. The van der Waals surface area contributed by atoms with Crippen LogP contribution in [-0.4, -0.2) is 37.5 Å². The minimum atomic E-state index is -3.40. The molecular formula is C21H20N2O5S2. The summed E-state index contributed by atoms with van der Waals surface area (Å²) >= 11 is 1.22.